The Balaban J connectivity index is 3.33. The minimum Gasteiger partial charge on any atom is -0.196 e. The lowest BCUT2D eigenvalue weighted by atomic mass is 9.99. The monoisotopic (exact) mass is 236 g/mol. The molecule has 0 aromatic carbocycles. The molecule has 0 nitrogen and oxygen atoms in total. The molecule has 0 rings (SSSR count). The van der Waals surface area contributed by atoms with Gasteiger partial charge in [0.1, 0.15) is 0 Å². The lowest BCUT2D eigenvalue weighted by Crippen LogP contribution is -2.04. The zero-order chi connectivity index (χ0) is 9.94. The fourth-order valence-electron chi connectivity index (χ4n) is 1.08. The molecule has 0 aliphatic carbocycles. The Labute approximate surface area is 96.6 Å². The van der Waals surface area contributed by atoms with Gasteiger partial charge in [-0.3, -0.25) is 0 Å². The van der Waals surface area contributed by atoms with Gasteiger partial charge in [0, 0.05) is 0 Å². The zero-order valence-corrected chi connectivity index (χ0v) is 11.5. The topological polar surface area (TPSA) is 0 Å². The highest BCUT2D eigenvalue weighted by atomic mass is 32.2. The molecule has 0 aromatic rings. The zero-order valence-electron chi connectivity index (χ0n) is 9.04. The van der Waals surface area contributed by atoms with Crippen LogP contribution in [0, 0.1) is 0 Å². The van der Waals surface area contributed by atoms with Gasteiger partial charge in [0.05, 0.1) is 0 Å². The maximum atomic E-state index is 2.26. The molecule has 0 aromatic heterocycles. The van der Waals surface area contributed by atoms with E-state index in [-0.39, 0.29) is 0 Å². The highest BCUT2D eigenvalue weighted by Crippen LogP contribution is 2.24. The summed E-state index contributed by atoms with van der Waals surface area (Å²) in [7, 11) is 0. The normalized spacial score (nSPS) is 10.4. The van der Waals surface area contributed by atoms with E-state index in [0.29, 0.717) is 0 Å². The summed E-state index contributed by atoms with van der Waals surface area (Å²) in [5.41, 5.74) is 0. The van der Waals surface area contributed by atoms with Gasteiger partial charge in [-0.15, -0.1) is 0 Å². The van der Waals surface area contributed by atoms with Crippen LogP contribution in [0.5, 0.6) is 0 Å². The molecule has 0 bridgehead atoms. The van der Waals surface area contributed by atoms with E-state index >= 15 is 0 Å². The smallest absolute Gasteiger partial charge is 0.196 e. The van der Waals surface area contributed by atoms with Crippen molar-refractivity contribution >= 4 is 40.3 Å². The highest BCUT2D eigenvalue weighted by molar-refractivity contribution is 8.54. The Morgan fingerprint density at radius 3 is 2.00 bits per heavy atom. The molecule has 78 valence electrons. The van der Waals surface area contributed by atoms with Crippen molar-refractivity contribution in [3.8, 4) is 0 Å². The van der Waals surface area contributed by atoms with E-state index in [1.807, 2.05) is 0 Å². The molecule has 0 saturated carbocycles. The van der Waals surface area contributed by atoms with Crippen molar-refractivity contribution in [3.63, 3.8) is 0 Å². The Morgan fingerprint density at radius 2 is 1.54 bits per heavy atom. The fourth-order valence-corrected chi connectivity index (χ4v) is 4.35. The second-order valence-corrected chi connectivity index (χ2v) is 7.33. The molecule has 0 radical (unpaired) electrons. The summed E-state index contributed by atoms with van der Waals surface area (Å²) in [6.45, 7) is 6.76. The van der Waals surface area contributed by atoms with Gasteiger partial charge in [-0.25, -0.2) is 0 Å². The van der Waals surface area contributed by atoms with Crippen molar-refractivity contribution in [2.24, 2.45) is 0 Å². The third-order valence-electron chi connectivity index (χ3n) is 1.64. The molecule has 0 aliphatic heterocycles. The molecule has 13 heavy (non-hydrogen) atoms. The Kier molecular flexibility index (Phi) is 12.2. The van der Waals surface area contributed by atoms with Crippen molar-refractivity contribution in [3.05, 3.63) is 0 Å². The van der Waals surface area contributed by atoms with Crippen molar-refractivity contribution in [2.75, 3.05) is 23.0 Å². The van der Waals surface area contributed by atoms with Gasteiger partial charge in [0.25, 0.3) is 5.27 Å². The summed E-state index contributed by atoms with van der Waals surface area (Å²) in [6, 6.07) is 0. The van der Waals surface area contributed by atoms with Crippen LogP contribution in [0.3, 0.4) is 0 Å². The van der Waals surface area contributed by atoms with Crippen LogP contribution in [0.1, 0.15) is 27.2 Å². The van der Waals surface area contributed by atoms with Gasteiger partial charge in [0.15, 0.2) is 0 Å². The minimum absolute atomic E-state index is 0.854. The van der Waals surface area contributed by atoms with Crippen LogP contribution in [-0.2, 0) is 0 Å². The largest absolute Gasteiger partial charge is 0.273 e. The number of thioether (sulfide) groups is 1. The maximum Gasteiger partial charge on any atom is 0.273 e. The number of hydrogen-bond donors (Lipinski definition) is 0. The van der Waals surface area contributed by atoms with Crippen LogP contribution in [0.2, 0.25) is 6.32 Å². The second-order valence-electron chi connectivity index (χ2n) is 2.68. The first kappa shape index (κ1) is 14.1. The minimum atomic E-state index is 0.854. The Hall–Kier alpha value is 1.11. The van der Waals surface area contributed by atoms with Crippen molar-refractivity contribution < 1.29 is 0 Å². The first-order valence-corrected chi connectivity index (χ1v) is 8.41. The summed E-state index contributed by atoms with van der Waals surface area (Å²) in [6.07, 6.45) is 2.78. The predicted octanol–water partition coefficient (Wildman–Crippen LogP) is 4.12. The molecule has 0 atom stereocenters. The third kappa shape index (κ3) is 9.42. The van der Waals surface area contributed by atoms with Crippen LogP contribution in [0.4, 0.5) is 0 Å². The summed E-state index contributed by atoms with van der Waals surface area (Å²) in [5.74, 6) is 5.14. The molecule has 0 fully saturated rings. The van der Waals surface area contributed by atoms with E-state index < -0.39 is 0 Å². The van der Waals surface area contributed by atoms with Gasteiger partial charge < -0.3 is 0 Å². The fraction of sp³-hybridized carbons (Fsp3) is 1.00. The molecule has 0 spiro atoms. The molecule has 0 aliphatic rings. The average molecular weight is 236 g/mol. The molecule has 0 heterocycles. The number of rotatable bonds is 9. The van der Waals surface area contributed by atoms with E-state index in [2.05, 4.69) is 55.8 Å². The van der Waals surface area contributed by atoms with E-state index in [0.717, 1.165) is 5.27 Å². The second kappa shape index (κ2) is 11.2. The van der Waals surface area contributed by atoms with Crippen LogP contribution in [-0.4, -0.2) is 28.3 Å². The molecule has 4 heteroatoms. The molecular weight excluding hydrogens is 215 g/mol. The Morgan fingerprint density at radius 1 is 0.923 bits per heavy atom. The lowest BCUT2D eigenvalue weighted by Gasteiger charge is -2.09. The highest BCUT2D eigenvalue weighted by Gasteiger charge is 2.12. The third-order valence-corrected chi connectivity index (χ3v) is 5.32. The summed E-state index contributed by atoms with van der Waals surface area (Å²) in [4.78, 5) is 0. The maximum absolute atomic E-state index is 2.26. The van der Waals surface area contributed by atoms with E-state index in [9.17, 15) is 0 Å². The van der Waals surface area contributed by atoms with Crippen LogP contribution in [0.25, 0.3) is 0 Å². The van der Waals surface area contributed by atoms with Gasteiger partial charge in [-0.1, -0.05) is 27.1 Å². The van der Waals surface area contributed by atoms with Crippen molar-refractivity contribution in [1.29, 1.82) is 0 Å². The van der Waals surface area contributed by atoms with Gasteiger partial charge in [0.2, 0.25) is 0 Å². The van der Waals surface area contributed by atoms with Gasteiger partial charge >= 0.3 is 0 Å². The van der Waals surface area contributed by atoms with Crippen molar-refractivity contribution in [1.82, 2.24) is 0 Å². The van der Waals surface area contributed by atoms with Gasteiger partial charge in [-0.05, 0) is 29.4 Å². The first-order valence-electron chi connectivity index (χ1n) is 5.16. The lowest BCUT2D eigenvalue weighted by molar-refractivity contribution is 1.09. The number of hydrogen-bond acceptors (Lipinski definition) is 3. The standard InChI is InChI=1S/C9H21BS3/c1-4-11-9-7-8-10(12-5-2)13-6-3/h4-9H2,1-3H3. The summed E-state index contributed by atoms with van der Waals surface area (Å²) < 4.78 is 0. The van der Waals surface area contributed by atoms with Crippen LogP contribution < -0.4 is 0 Å². The first-order chi connectivity index (χ1) is 6.35. The Bertz CT molecular complexity index is 94.9. The van der Waals surface area contributed by atoms with Gasteiger partial charge in [-0.2, -0.15) is 35.0 Å². The van der Waals surface area contributed by atoms with E-state index in [4.69, 9.17) is 0 Å². The molecular formula is C9H21BS3. The molecule has 0 N–H and O–H groups in total. The van der Waals surface area contributed by atoms with E-state index in [1.54, 1.807) is 0 Å². The summed E-state index contributed by atoms with van der Waals surface area (Å²) in [5, 5.41) is 0.854. The van der Waals surface area contributed by atoms with Crippen LogP contribution >= 0.6 is 35.0 Å². The predicted molar refractivity (Wildman–Crippen MR) is 74.4 cm³/mol. The summed E-state index contributed by atoms with van der Waals surface area (Å²) >= 11 is 6.29. The van der Waals surface area contributed by atoms with Crippen LogP contribution in [0.15, 0.2) is 0 Å². The van der Waals surface area contributed by atoms with Crippen molar-refractivity contribution in [2.45, 2.75) is 33.5 Å². The van der Waals surface area contributed by atoms with E-state index in [1.165, 1.54) is 35.8 Å². The quantitative estimate of drug-likeness (QED) is 0.436. The molecule has 0 amide bonds. The average Bonchev–Trinajstić information content (AvgIpc) is 2.13. The SMILES string of the molecule is CCSCCCB(SCC)SCC. The molecule has 0 unspecified atom stereocenters. The molecule has 0 saturated heterocycles.